The second-order valence-corrected chi connectivity index (χ2v) is 3.77. The normalized spacial score (nSPS) is 10.2. The summed E-state index contributed by atoms with van der Waals surface area (Å²) >= 11 is 0. The van der Waals surface area contributed by atoms with Gasteiger partial charge in [-0.3, -0.25) is 4.79 Å². The average Bonchev–Trinajstić information content (AvgIpc) is 2.32. The Hall–Kier alpha value is -1.75. The number of rotatable bonds is 6. The number of benzene rings is 1. The van der Waals surface area contributed by atoms with Crippen molar-refractivity contribution < 1.29 is 15.0 Å². The lowest BCUT2D eigenvalue weighted by atomic mass is 10.2. The fourth-order valence-corrected chi connectivity index (χ4v) is 1.40. The minimum Gasteiger partial charge on any atom is -0.504 e. The highest BCUT2D eigenvalue weighted by Gasteiger charge is 2.07. The molecule has 0 heterocycles. The molecular weight excluding hydrogens is 220 g/mol. The van der Waals surface area contributed by atoms with Crippen LogP contribution >= 0.6 is 0 Å². The Kier molecular flexibility index (Phi) is 5.29. The number of nitrogens with one attached hydrogen (secondary N) is 2. The van der Waals surface area contributed by atoms with Crippen molar-refractivity contribution in [1.29, 1.82) is 0 Å². The van der Waals surface area contributed by atoms with Gasteiger partial charge >= 0.3 is 0 Å². The first-order chi connectivity index (χ1) is 8.15. The van der Waals surface area contributed by atoms with Gasteiger partial charge in [-0.1, -0.05) is 0 Å². The van der Waals surface area contributed by atoms with Crippen LogP contribution in [0.4, 0.5) is 0 Å². The van der Waals surface area contributed by atoms with Crippen molar-refractivity contribution in [1.82, 2.24) is 10.6 Å². The summed E-state index contributed by atoms with van der Waals surface area (Å²) in [6.07, 6.45) is 1.90. The van der Waals surface area contributed by atoms with Gasteiger partial charge < -0.3 is 20.8 Å². The monoisotopic (exact) mass is 238 g/mol. The summed E-state index contributed by atoms with van der Waals surface area (Å²) in [5.41, 5.74) is 0.342. The molecule has 5 heteroatoms. The van der Waals surface area contributed by atoms with Gasteiger partial charge in [-0.15, -0.1) is 0 Å². The van der Waals surface area contributed by atoms with Crippen LogP contribution < -0.4 is 10.6 Å². The van der Waals surface area contributed by atoms with Gasteiger partial charge in [0.1, 0.15) is 0 Å². The van der Waals surface area contributed by atoms with E-state index in [0.717, 1.165) is 19.4 Å². The molecule has 1 rings (SSSR count). The molecule has 0 saturated carbocycles. The van der Waals surface area contributed by atoms with Gasteiger partial charge in [0.15, 0.2) is 11.5 Å². The molecule has 0 aliphatic rings. The third-order valence-electron chi connectivity index (χ3n) is 2.38. The van der Waals surface area contributed by atoms with E-state index in [4.69, 9.17) is 5.11 Å². The average molecular weight is 238 g/mol. The molecule has 1 aromatic rings. The number of phenolic OH excluding ortho intramolecular Hbond substituents is 2. The predicted octanol–water partition coefficient (Wildman–Crippen LogP) is 0.827. The quantitative estimate of drug-likeness (QED) is 0.437. The molecule has 0 aromatic heterocycles. The summed E-state index contributed by atoms with van der Waals surface area (Å²) in [5.74, 6) is -0.756. The molecule has 0 bridgehead atoms. The third-order valence-corrected chi connectivity index (χ3v) is 2.38. The van der Waals surface area contributed by atoms with E-state index in [1.807, 2.05) is 7.05 Å². The van der Waals surface area contributed by atoms with Crippen LogP contribution in [0.3, 0.4) is 0 Å². The lowest BCUT2D eigenvalue weighted by Gasteiger charge is -2.06. The van der Waals surface area contributed by atoms with Crippen molar-refractivity contribution in [3.05, 3.63) is 23.8 Å². The van der Waals surface area contributed by atoms with Crippen LogP contribution in [0.2, 0.25) is 0 Å². The van der Waals surface area contributed by atoms with E-state index in [9.17, 15) is 9.90 Å². The molecule has 0 fully saturated rings. The molecule has 1 amide bonds. The lowest BCUT2D eigenvalue weighted by molar-refractivity contribution is 0.0952. The van der Waals surface area contributed by atoms with E-state index in [2.05, 4.69) is 10.6 Å². The minimum atomic E-state index is -0.284. The first kappa shape index (κ1) is 13.3. The van der Waals surface area contributed by atoms with Crippen molar-refractivity contribution in [2.75, 3.05) is 20.1 Å². The fraction of sp³-hybridized carbons (Fsp3) is 0.417. The first-order valence-electron chi connectivity index (χ1n) is 5.60. The SMILES string of the molecule is CNCCCCNC(=O)c1ccc(O)c(O)c1. The van der Waals surface area contributed by atoms with Crippen molar-refractivity contribution in [2.45, 2.75) is 12.8 Å². The maximum atomic E-state index is 11.6. The Morgan fingerprint density at radius 1 is 1.18 bits per heavy atom. The molecule has 0 aliphatic heterocycles. The number of carbonyl (C=O) groups excluding carboxylic acids is 1. The van der Waals surface area contributed by atoms with Crippen LogP contribution in [0, 0.1) is 0 Å². The Morgan fingerprint density at radius 3 is 2.53 bits per heavy atom. The summed E-state index contributed by atoms with van der Waals surface area (Å²) in [6, 6.07) is 4.02. The standard InChI is InChI=1S/C12H18N2O3/c1-13-6-2-3-7-14-12(17)9-4-5-10(15)11(16)8-9/h4-5,8,13,15-16H,2-3,6-7H2,1H3,(H,14,17). The summed E-state index contributed by atoms with van der Waals surface area (Å²) < 4.78 is 0. The van der Waals surface area contributed by atoms with E-state index in [0.29, 0.717) is 12.1 Å². The summed E-state index contributed by atoms with van der Waals surface area (Å²) in [7, 11) is 1.89. The Morgan fingerprint density at radius 2 is 1.88 bits per heavy atom. The number of hydrogen-bond donors (Lipinski definition) is 4. The van der Waals surface area contributed by atoms with Gasteiger partial charge in [-0.25, -0.2) is 0 Å². The summed E-state index contributed by atoms with van der Waals surface area (Å²) in [6.45, 7) is 1.53. The van der Waals surface area contributed by atoms with Crippen molar-refractivity contribution >= 4 is 5.91 Å². The van der Waals surface area contributed by atoms with Crippen LogP contribution in [0.5, 0.6) is 11.5 Å². The molecule has 5 nitrogen and oxygen atoms in total. The van der Waals surface area contributed by atoms with E-state index >= 15 is 0 Å². The molecule has 1 aromatic carbocycles. The molecule has 0 unspecified atom stereocenters. The largest absolute Gasteiger partial charge is 0.504 e. The molecule has 0 atom stereocenters. The van der Waals surface area contributed by atoms with E-state index in [-0.39, 0.29) is 17.4 Å². The number of aromatic hydroxyl groups is 2. The Bertz CT molecular complexity index is 380. The van der Waals surface area contributed by atoms with Gasteiger partial charge in [0.25, 0.3) is 5.91 Å². The second-order valence-electron chi connectivity index (χ2n) is 3.77. The highest BCUT2D eigenvalue weighted by atomic mass is 16.3. The molecule has 0 aliphatic carbocycles. The number of unbranched alkanes of at least 4 members (excludes halogenated alkanes) is 1. The van der Waals surface area contributed by atoms with Crippen LogP contribution in [0.1, 0.15) is 23.2 Å². The Balaban J connectivity index is 2.39. The molecule has 17 heavy (non-hydrogen) atoms. The first-order valence-corrected chi connectivity index (χ1v) is 5.60. The summed E-state index contributed by atoms with van der Waals surface area (Å²) in [5, 5.41) is 24.1. The maximum absolute atomic E-state index is 11.6. The zero-order valence-electron chi connectivity index (χ0n) is 9.86. The molecule has 4 N–H and O–H groups in total. The van der Waals surface area contributed by atoms with Crippen LogP contribution in [0.25, 0.3) is 0 Å². The molecule has 0 radical (unpaired) electrons. The van der Waals surface area contributed by atoms with Crippen molar-refractivity contribution in [3.8, 4) is 11.5 Å². The molecule has 0 saturated heterocycles. The number of phenols is 2. The lowest BCUT2D eigenvalue weighted by Crippen LogP contribution is -2.25. The van der Waals surface area contributed by atoms with Gasteiger partial charge in [-0.2, -0.15) is 0 Å². The molecule has 94 valence electrons. The van der Waals surface area contributed by atoms with E-state index in [1.54, 1.807) is 0 Å². The van der Waals surface area contributed by atoms with Crippen molar-refractivity contribution in [3.63, 3.8) is 0 Å². The van der Waals surface area contributed by atoms with Gasteiger partial charge in [-0.05, 0) is 44.6 Å². The number of hydrogen-bond acceptors (Lipinski definition) is 4. The maximum Gasteiger partial charge on any atom is 0.251 e. The highest BCUT2D eigenvalue weighted by Crippen LogP contribution is 2.24. The topological polar surface area (TPSA) is 81.6 Å². The van der Waals surface area contributed by atoms with Crippen LogP contribution in [-0.2, 0) is 0 Å². The predicted molar refractivity (Wildman–Crippen MR) is 65.3 cm³/mol. The van der Waals surface area contributed by atoms with Gasteiger partial charge in [0.2, 0.25) is 0 Å². The van der Waals surface area contributed by atoms with Gasteiger partial charge in [0, 0.05) is 12.1 Å². The minimum absolute atomic E-state index is 0.226. The highest BCUT2D eigenvalue weighted by molar-refractivity contribution is 5.94. The Labute approximate surface area is 100 Å². The van der Waals surface area contributed by atoms with Gasteiger partial charge in [0.05, 0.1) is 0 Å². The zero-order chi connectivity index (χ0) is 12.7. The smallest absolute Gasteiger partial charge is 0.251 e. The van der Waals surface area contributed by atoms with Crippen LogP contribution in [-0.4, -0.2) is 36.3 Å². The summed E-state index contributed by atoms with van der Waals surface area (Å²) in [4.78, 5) is 11.6. The van der Waals surface area contributed by atoms with Crippen LogP contribution in [0.15, 0.2) is 18.2 Å². The van der Waals surface area contributed by atoms with E-state index in [1.165, 1.54) is 18.2 Å². The number of carbonyl (C=O) groups is 1. The fourth-order valence-electron chi connectivity index (χ4n) is 1.40. The number of amides is 1. The second kappa shape index (κ2) is 6.75. The third kappa shape index (κ3) is 4.32. The van der Waals surface area contributed by atoms with E-state index < -0.39 is 0 Å². The molecular formula is C12H18N2O3. The molecule has 0 spiro atoms. The van der Waals surface area contributed by atoms with Crippen molar-refractivity contribution in [2.24, 2.45) is 0 Å². The zero-order valence-corrected chi connectivity index (χ0v) is 9.86.